The van der Waals surface area contributed by atoms with Gasteiger partial charge in [-0.15, -0.1) is 5.10 Å². The van der Waals surface area contributed by atoms with Crippen LogP contribution in [-0.2, 0) is 0 Å². The fourth-order valence-electron chi connectivity index (χ4n) is 3.18. The molecule has 0 amide bonds. The molecular formula is C19H17N3O. The molecule has 3 aromatic carbocycles. The van der Waals surface area contributed by atoms with Crippen molar-refractivity contribution in [2.75, 3.05) is 7.11 Å². The molecule has 0 aliphatic heterocycles. The van der Waals surface area contributed by atoms with Gasteiger partial charge in [0.2, 0.25) is 0 Å². The molecule has 0 spiro atoms. The predicted molar refractivity (Wildman–Crippen MR) is 91.8 cm³/mol. The van der Waals surface area contributed by atoms with Gasteiger partial charge in [-0.3, -0.25) is 0 Å². The molecule has 0 aliphatic carbocycles. The number of nitrogens with zero attached hydrogens (tertiary/aromatic N) is 3. The second-order valence-corrected chi connectivity index (χ2v) is 5.60. The van der Waals surface area contributed by atoms with Gasteiger partial charge in [0.1, 0.15) is 11.3 Å². The van der Waals surface area contributed by atoms with Crippen molar-refractivity contribution in [1.82, 2.24) is 15.0 Å². The molecule has 4 rings (SSSR count). The van der Waals surface area contributed by atoms with Crippen molar-refractivity contribution in [3.05, 3.63) is 66.2 Å². The van der Waals surface area contributed by atoms with E-state index in [1.54, 1.807) is 7.11 Å². The van der Waals surface area contributed by atoms with Crippen LogP contribution in [-0.4, -0.2) is 22.1 Å². The van der Waals surface area contributed by atoms with Crippen LogP contribution in [0.5, 0.6) is 5.75 Å². The van der Waals surface area contributed by atoms with Gasteiger partial charge in [-0.2, -0.15) is 0 Å². The largest absolute Gasteiger partial charge is 0.496 e. The van der Waals surface area contributed by atoms with E-state index in [2.05, 4.69) is 41.5 Å². The number of methoxy groups -OCH3 is 1. The smallest absolute Gasteiger partial charge is 0.124 e. The summed E-state index contributed by atoms with van der Waals surface area (Å²) in [6.45, 7) is 2.13. The van der Waals surface area contributed by atoms with E-state index in [0.29, 0.717) is 0 Å². The average Bonchev–Trinajstić information content (AvgIpc) is 3.04. The SMILES string of the molecule is COc1ccc2ccccc2c1C(C)n1nnc2ccccc21. The molecule has 0 N–H and O–H groups in total. The van der Waals surface area contributed by atoms with Crippen LogP contribution in [0.15, 0.2) is 60.7 Å². The number of rotatable bonds is 3. The van der Waals surface area contributed by atoms with E-state index in [9.17, 15) is 0 Å². The van der Waals surface area contributed by atoms with E-state index < -0.39 is 0 Å². The van der Waals surface area contributed by atoms with Crippen molar-refractivity contribution in [2.45, 2.75) is 13.0 Å². The summed E-state index contributed by atoms with van der Waals surface area (Å²) < 4.78 is 7.58. The van der Waals surface area contributed by atoms with Crippen molar-refractivity contribution in [2.24, 2.45) is 0 Å². The molecule has 1 unspecified atom stereocenters. The Balaban J connectivity index is 1.97. The normalized spacial score (nSPS) is 12.6. The first-order valence-corrected chi connectivity index (χ1v) is 7.65. The van der Waals surface area contributed by atoms with Gasteiger partial charge < -0.3 is 4.74 Å². The third-order valence-electron chi connectivity index (χ3n) is 4.31. The number of ether oxygens (including phenoxy) is 1. The fraction of sp³-hybridized carbons (Fsp3) is 0.158. The van der Waals surface area contributed by atoms with Gasteiger partial charge in [-0.05, 0) is 35.9 Å². The van der Waals surface area contributed by atoms with E-state index in [-0.39, 0.29) is 6.04 Å². The Labute approximate surface area is 134 Å². The predicted octanol–water partition coefficient (Wildman–Crippen LogP) is 4.20. The van der Waals surface area contributed by atoms with E-state index in [1.165, 1.54) is 10.8 Å². The number of para-hydroxylation sites is 1. The molecule has 0 aliphatic rings. The van der Waals surface area contributed by atoms with Crippen molar-refractivity contribution < 1.29 is 4.74 Å². The molecule has 0 radical (unpaired) electrons. The Kier molecular flexibility index (Phi) is 3.23. The molecule has 1 aromatic heterocycles. The summed E-state index contributed by atoms with van der Waals surface area (Å²) in [5, 5.41) is 11.0. The quantitative estimate of drug-likeness (QED) is 0.569. The zero-order valence-electron chi connectivity index (χ0n) is 13.1. The number of benzene rings is 3. The first-order chi connectivity index (χ1) is 11.3. The van der Waals surface area contributed by atoms with E-state index in [4.69, 9.17) is 4.74 Å². The van der Waals surface area contributed by atoms with Crippen molar-refractivity contribution in [1.29, 1.82) is 0 Å². The highest BCUT2D eigenvalue weighted by molar-refractivity contribution is 5.88. The van der Waals surface area contributed by atoms with Crippen molar-refractivity contribution in [3.8, 4) is 5.75 Å². The maximum atomic E-state index is 5.62. The minimum atomic E-state index is 0.0171. The average molecular weight is 303 g/mol. The standard InChI is InChI=1S/C19H17N3O/c1-13(22-17-10-6-5-9-16(17)20-21-22)19-15-8-4-3-7-14(15)11-12-18(19)23-2/h3-13H,1-2H3. The molecule has 4 aromatic rings. The molecule has 0 saturated heterocycles. The summed E-state index contributed by atoms with van der Waals surface area (Å²) in [4.78, 5) is 0. The summed E-state index contributed by atoms with van der Waals surface area (Å²) >= 11 is 0. The van der Waals surface area contributed by atoms with Crippen molar-refractivity contribution >= 4 is 21.8 Å². The van der Waals surface area contributed by atoms with Gasteiger partial charge in [0.05, 0.1) is 18.7 Å². The second-order valence-electron chi connectivity index (χ2n) is 5.60. The topological polar surface area (TPSA) is 39.9 Å². The minimum Gasteiger partial charge on any atom is -0.496 e. The van der Waals surface area contributed by atoms with Gasteiger partial charge in [0, 0.05) is 5.56 Å². The maximum Gasteiger partial charge on any atom is 0.124 e. The lowest BCUT2D eigenvalue weighted by molar-refractivity contribution is 0.402. The molecule has 4 nitrogen and oxygen atoms in total. The highest BCUT2D eigenvalue weighted by atomic mass is 16.5. The third kappa shape index (κ3) is 2.14. The summed E-state index contributed by atoms with van der Waals surface area (Å²) in [6, 6.07) is 20.5. The van der Waals surface area contributed by atoms with E-state index >= 15 is 0 Å². The number of hydrogen-bond donors (Lipinski definition) is 0. The fourth-order valence-corrected chi connectivity index (χ4v) is 3.18. The van der Waals surface area contributed by atoms with Gasteiger partial charge in [0.15, 0.2) is 0 Å². The van der Waals surface area contributed by atoms with E-state index in [1.807, 2.05) is 41.1 Å². The lowest BCUT2D eigenvalue weighted by Crippen LogP contribution is -2.10. The maximum absolute atomic E-state index is 5.62. The summed E-state index contributed by atoms with van der Waals surface area (Å²) in [5.41, 5.74) is 3.05. The van der Waals surface area contributed by atoms with Crippen molar-refractivity contribution in [3.63, 3.8) is 0 Å². The summed E-state index contributed by atoms with van der Waals surface area (Å²) in [7, 11) is 1.71. The molecule has 0 saturated carbocycles. The molecule has 23 heavy (non-hydrogen) atoms. The van der Waals surface area contributed by atoms with Crippen LogP contribution < -0.4 is 4.74 Å². The molecule has 0 bridgehead atoms. The monoisotopic (exact) mass is 303 g/mol. The Morgan fingerprint density at radius 1 is 0.957 bits per heavy atom. The number of fused-ring (bicyclic) bond motifs is 2. The highest BCUT2D eigenvalue weighted by Crippen LogP contribution is 2.35. The van der Waals surface area contributed by atoms with Crippen LogP contribution in [0, 0.1) is 0 Å². The van der Waals surface area contributed by atoms with Crippen LogP contribution in [0.4, 0.5) is 0 Å². The number of hydrogen-bond acceptors (Lipinski definition) is 3. The van der Waals surface area contributed by atoms with Gasteiger partial charge in [-0.1, -0.05) is 47.7 Å². The second kappa shape index (κ2) is 5.39. The highest BCUT2D eigenvalue weighted by Gasteiger charge is 2.19. The van der Waals surface area contributed by atoms with Crippen LogP contribution >= 0.6 is 0 Å². The zero-order chi connectivity index (χ0) is 15.8. The lowest BCUT2D eigenvalue weighted by atomic mass is 9.98. The Hall–Kier alpha value is -2.88. The molecular weight excluding hydrogens is 286 g/mol. The Morgan fingerprint density at radius 3 is 2.61 bits per heavy atom. The van der Waals surface area contributed by atoms with Crippen LogP contribution in [0.1, 0.15) is 18.5 Å². The zero-order valence-corrected chi connectivity index (χ0v) is 13.1. The molecule has 114 valence electrons. The van der Waals surface area contributed by atoms with Gasteiger partial charge in [-0.25, -0.2) is 4.68 Å². The summed E-state index contributed by atoms with van der Waals surface area (Å²) in [5.74, 6) is 0.871. The first-order valence-electron chi connectivity index (χ1n) is 7.65. The Morgan fingerprint density at radius 2 is 1.74 bits per heavy atom. The van der Waals surface area contributed by atoms with Crippen LogP contribution in [0.3, 0.4) is 0 Å². The summed E-state index contributed by atoms with van der Waals surface area (Å²) in [6.07, 6.45) is 0. The Bertz CT molecular complexity index is 990. The molecule has 0 fully saturated rings. The van der Waals surface area contributed by atoms with Gasteiger partial charge >= 0.3 is 0 Å². The number of aromatic nitrogens is 3. The molecule has 4 heteroatoms. The van der Waals surface area contributed by atoms with Gasteiger partial charge in [0.25, 0.3) is 0 Å². The molecule has 1 heterocycles. The molecule has 1 atom stereocenters. The minimum absolute atomic E-state index is 0.0171. The first kappa shape index (κ1) is 13.8. The third-order valence-corrected chi connectivity index (χ3v) is 4.31. The van der Waals surface area contributed by atoms with Crippen LogP contribution in [0.25, 0.3) is 21.8 Å². The van der Waals surface area contributed by atoms with E-state index in [0.717, 1.165) is 22.3 Å². The van der Waals surface area contributed by atoms with Crippen LogP contribution in [0.2, 0.25) is 0 Å². The lowest BCUT2D eigenvalue weighted by Gasteiger charge is -2.19.